The number of rotatable bonds is 7. The summed E-state index contributed by atoms with van der Waals surface area (Å²) in [6.45, 7) is 6.55. The molecule has 0 spiro atoms. The number of halogens is 2. The second-order valence-electron chi connectivity index (χ2n) is 7.77. The van der Waals surface area contributed by atoms with E-state index in [9.17, 15) is 13.9 Å². The van der Waals surface area contributed by atoms with Gasteiger partial charge in [-0.3, -0.25) is 4.90 Å². The van der Waals surface area contributed by atoms with E-state index in [1.165, 1.54) is 18.2 Å². The van der Waals surface area contributed by atoms with Crippen LogP contribution in [0.3, 0.4) is 0 Å². The first-order valence-corrected chi connectivity index (χ1v) is 10.2. The van der Waals surface area contributed by atoms with Gasteiger partial charge in [-0.1, -0.05) is 18.7 Å². The Morgan fingerprint density at radius 1 is 1.10 bits per heavy atom. The van der Waals surface area contributed by atoms with Crippen LogP contribution >= 0.6 is 0 Å². The Morgan fingerprint density at radius 3 is 2.53 bits per heavy atom. The largest absolute Gasteiger partial charge is 0.490 e. The summed E-state index contributed by atoms with van der Waals surface area (Å²) < 4.78 is 36.1. The number of benzene rings is 2. The summed E-state index contributed by atoms with van der Waals surface area (Å²) in [6, 6.07) is 9.70. The first-order valence-electron chi connectivity index (χ1n) is 10.2. The van der Waals surface area contributed by atoms with Crippen LogP contribution in [0.15, 0.2) is 55.3 Å². The third kappa shape index (κ3) is 4.40. The molecule has 0 amide bonds. The van der Waals surface area contributed by atoms with E-state index in [1.807, 2.05) is 29.0 Å². The number of hydrogen-bond acceptors (Lipinski definition) is 3. The van der Waals surface area contributed by atoms with E-state index in [2.05, 4.69) is 11.5 Å². The molecule has 2 heterocycles. The maximum Gasteiger partial charge on any atom is 0.131 e. The molecule has 4 rings (SSSR count). The standard InChI is InChI=1S/C24H26F2N2O2/c1-2-12-30-19-6-7-24-20(13-19)17(14-27-10-8-18(29)9-11-27)15-28(24)16-21-22(25)4-3-5-23(21)26/h2-7,13,15,18,29H,1,8-12,14,16H2. The summed E-state index contributed by atoms with van der Waals surface area (Å²) in [5.74, 6) is -0.365. The number of hydrogen-bond donors (Lipinski definition) is 1. The molecule has 1 N–H and O–H groups in total. The van der Waals surface area contributed by atoms with Gasteiger partial charge in [0.25, 0.3) is 0 Å². The van der Waals surface area contributed by atoms with E-state index in [4.69, 9.17) is 4.74 Å². The number of fused-ring (bicyclic) bond motifs is 1. The van der Waals surface area contributed by atoms with Crippen molar-refractivity contribution in [1.29, 1.82) is 0 Å². The van der Waals surface area contributed by atoms with Gasteiger partial charge in [-0.2, -0.15) is 0 Å². The molecular formula is C24H26F2N2O2. The molecule has 1 aliphatic rings. The molecule has 1 saturated heterocycles. The van der Waals surface area contributed by atoms with Crippen molar-refractivity contribution in [1.82, 2.24) is 9.47 Å². The third-order valence-electron chi connectivity index (χ3n) is 5.64. The molecule has 0 atom stereocenters. The topological polar surface area (TPSA) is 37.6 Å². The number of aromatic nitrogens is 1. The fourth-order valence-corrected chi connectivity index (χ4v) is 4.02. The Labute approximate surface area is 175 Å². The predicted molar refractivity (Wildman–Crippen MR) is 114 cm³/mol. The van der Waals surface area contributed by atoms with Crippen molar-refractivity contribution in [3.8, 4) is 5.75 Å². The highest BCUT2D eigenvalue weighted by Crippen LogP contribution is 2.29. The van der Waals surface area contributed by atoms with Gasteiger partial charge < -0.3 is 14.4 Å². The summed E-state index contributed by atoms with van der Waals surface area (Å²) in [5.41, 5.74) is 2.02. The molecule has 6 heteroatoms. The van der Waals surface area contributed by atoms with Crippen LogP contribution < -0.4 is 4.74 Å². The van der Waals surface area contributed by atoms with Crippen molar-refractivity contribution < 1.29 is 18.6 Å². The average molecular weight is 412 g/mol. The zero-order valence-electron chi connectivity index (χ0n) is 16.9. The van der Waals surface area contributed by atoms with E-state index in [0.29, 0.717) is 13.2 Å². The van der Waals surface area contributed by atoms with Crippen LogP contribution in [0, 0.1) is 11.6 Å². The Morgan fingerprint density at radius 2 is 1.83 bits per heavy atom. The van der Waals surface area contributed by atoms with E-state index in [1.54, 1.807) is 6.08 Å². The molecule has 3 aromatic rings. The number of aliphatic hydroxyl groups is 1. The Balaban J connectivity index is 1.70. The summed E-state index contributed by atoms with van der Waals surface area (Å²) in [7, 11) is 0. The molecular weight excluding hydrogens is 386 g/mol. The Hall–Kier alpha value is -2.70. The highest BCUT2D eigenvalue weighted by molar-refractivity contribution is 5.85. The maximum atomic E-state index is 14.2. The van der Waals surface area contributed by atoms with E-state index in [-0.39, 0.29) is 18.2 Å². The Kier molecular flexibility index (Phi) is 6.16. The molecule has 1 aliphatic heterocycles. The smallest absolute Gasteiger partial charge is 0.131 e. The lowest BCUT2D eigenvalue weighted by Crippen LogP contribution is -2.35. The van der Waals surface area contributed by atoms with Gasteiger partial charge in [0.05, 0.1) is 12.6 Å². The van der Waals surface area contributed by atoms with Gasteiger partial charge in [0.1, 0.15) is 24.0 Å². The minimum absolute atomic E-state index is 0.0500. The minimum Gasteiger partial charge on any atom is -0.490 e. The van der Waals surface area contributed by atoms with Crippen LogP contribution in [-0.2, 0) is 13.1 Å². The van der Waals surface area contributed by atoms with Crippen LogP contribution in [0.2, 0.25) is 0 Å². The van der Waals surface area contributed by atoms with Crippen molar-refractivity contribution in [2.75, 3.05) is 19.7 Å². The molecule has 0 unspecified atom stereocenters. The number of piperidine rings is 1. The molecule has 1 aromatic heterocycles. The van der Waals surface area contributed by atoms with Crippen molar-refractivity contribution in [3.63, 3.8) is 0 Å². The lowest BCUT2D eigenvalue weighted by atomic mass is 10.1. The van der Waals surface area contributed by atoms with Crippen molar-refractivity contribution >= 4 is 10.9 Å². The van der Waals surface area contributed by atoms with Gasteiger partial charge in [-0.05, 0) is 48.7 Å². The van der Waals surface area contributed by atoms with Gasteiger partial charge in [-0.15, -0.1) is 0 Å². The fourth-order valence-electron chi connectivity index (χ4n) is 4.02. The SMILES string of the molecule is C=CCOc1ccc2c(c1)c(CN1CCC(O)CC1)cn2Cc1c(F)cccc1F. The van der Waals surface area contributed by atoms with E-state index < -0.39 is 11.6 Å². The normalized spacial score (nSPS) is 15.6. The summed E-state index contributed by atoms with van der Waals surface area (Å²) >= 11 is 0. The predicted octanol–water partition coefficient (Wildman–Crippen LogP) is 4.49. The van der Waals surface area contributed by atoms with Gasteiger partial charge >= 0.3 is 0 Å². The summed E-state index contributed by atoms with van der Waals surface area (Å²) in [6.07, 6.45) is 4.94. The van der Waals surface area contributed by atoms with Crippen molar-refractivity contribution in [2.24, 2.45) is 0 Å². The van der Waals surface area contributed by atoms with Crippen molar-refractivity contribution in [3.05, 3.63) is 78.0 Å². The Bertz CT molecular complexity index is 1020. The molecule has 30 heavy (non-hydrogen) atoms. The monoisotopic (exact) mass is 412 g/mol. The molecule has 1 fully saturated rings. The fraction of sp³-hybridized carbons (Fsp3) is 0.333. The quantitative estimate of drug-likeness (QED) is 0.581. The van der Waals surface area contributed by atoms with Crippen molar-refractivity contribution in [2.45, 2.75) is 32.0 Å². The average Bonchev–Trinajstić information content (AvgIpc) is 3.07. The van der Waals surface area contributed by atoms with Crippen LogP contribution in [0.4, 0.5) is 8.78 Å². The molecule has 0 radical (unpaired) electrons. The van der Waals surface area contributed by atoms with Crippen LogP contribution in [-0.4, -0.2) is 40.4 Å². The number of ether oxygens (including phenoxy) is 1. The first kappa shape index (κ1) is 20.6. The van der Waals surface area contributed by atoms with E-state index in [0.717, 1.165) is 48.1 Å². The summed E-state index contributed by atoms with van der Waals surface area (Å²) in [5, 5.41) is 10.8. The van der Waals surface area contributed by atoms with Gasteiger partial charge in [0, 0.05) is 42.3 Å². The molecule has 4 nitrogen and oxygen atoms in total. The maximum absolute atomic E-state index is 14.2. The van der Waals surface area contributed by atoms with Crippen LogP contribution in [0.5, 0.6) is 5.75 Å². The number of nitrogens with zero attached hydrogens (tertiary/aromatic N) is 2. The highest BCUT2D eigenvalue weighted by atomic mass is 19.1. The molecule has 158 valence electrons. The van der Waals surface area contributed by atoms with Gasteiger partial charge in [0.15, 0.2) is 0 Å². The number of likely N-dealkylation sites (tertiary alicyclic amines) is 1. The molecule has 0 saturated carbocycles. The minimum atomic E-state index is -0.547. The molecule has 0 bridgehead atoms. The summed E-state index contributed by atoms with van der Waals surface area (Å²) in [4.78, 5) is 2.30. The zero-order valence-corrected chi connectivity index (χ0v) is 16.9. The lowest BCUT2D eigenvalue weighted by molar-refractivity contribution is 0.0794. The van der Waals surface area contributed by atoms with E-state index >= 15 is 0 Å². The highest BCUT2D eigenvalue weighted by Gasteiger charge is 2.20. The van der Waals surface area contributed by atoms with Gasteiger partial charge in [-0.25, -0.2) is 8.78 Å². The zero-order chi connectivity index (χ0) is 21.1. The van der Waals surface area contributed by atoms with Crippen LogP contribution in [0.25, 0.3) is 10.9 Å². The second-order valence-corrected chi connectivity index (χ2v) is 7.77. The van der Waals surface area contributed by atoms with Gasteiger partial charge in [0.2, 0.25) is 0 Å². The number of aliphatic hydroxyl groups excluding tert-OH is 1. The second kappa shape index (κ2) is 8.98. The molecule has 2 aromatic carbocycles. The lowest BCUT2D eigenvalue weighted by Gasteiger charge is -2.29. The van der Waals surface area contributed by atoms with Crippen LogP contribution in [0.1, 0.15) is 24.0 Å². The first-order chi connectivity index (χ1) is 14.5. The third-order valence-corrected chi connectivity index (χ3v) is 5.64. The molecule has 0 aliphatic carbocycles.